The van der Waals surface area contributed by atoms with E-state index in [9.17, 15) is 5.11 Å². The van der Waals surface area contributed by atoms with Crippen molar-refractivity contribution in [2.45, 2.75) is 95.1 Å². The standard InChI is InChI=1S/C26H38N6O/c33-22-11-9-20(10-12-22)29-25-23(19-7-3-1-4-8-19)18-28-26(31-25)30-21-13-14-27-24(17-21)32-15-5-2-6-16-32/h13-14,17-20,22,33H,1-12,15-16H2,(H2,27,28,29,30,31). The molecule has 0 aromatic carbocycles. The van der Waals surface area contributed by atoms with Gasteiger partial charge in [-0.25, -0.2) is 9.97 Å². The first kappa shape index (κ1) is 22.4. The summed E-state index contributed by atoms with van der Waals surface area (Å²) >= 11 is 0. The van der Waals surface area contributed by atoms with Gasteiger partial charge in [0.1, 0.15) is 11.6 Å². The predicted molar refractivity (Wildman–Crippen MR) is 133 cm³/mol. The molecule has 0 bridgehead atoms. The van der Waals surface area contributed by atoms with Gasteiger partial charge in [0.2, 0.25) is 5.95 Å². The minimum Gasteiger partial charge on any atom is -0.393 e. The van der Waals surface area contributed by atoms with Crippen molar-refractivity contribution >= 4 is 23.3 Å². The first-order valence-electron chi connectivity index (χ1n) is 13.0. The normalized spacial score (nSPS) is 24.5. The molecule has 2 aromatic heterocycles. The van der Waals surface area contributed by atoms with Crippen LogP contribution in [-0.4, -0.2) is 45.3 Å². The van der Waals surface area contributed by atoms with Crippen LogP contribution in [0, 0.1) is 0 Å². The molecule has 0 amide bonds. The Kier molecular flexibility index (Phi) is 7.24. The highest BCUT2D eigenvalue weighted by molar-refractivity contribution is 5.60. The quantitative estimate of drug-likeness (QED) is 0.545. The van der Waals surface area contributed by atoms with Crippen molar-refractivity contribution in [3.63, 3.8) is 0 Å². The molecule has 3 aliphatic rings. The predicted octanol–water partition coefficient (Wildman–Crippen LogP) is 5.37. The smallest absolute Gasteiger partial charge is 0.229 e. The number of aromatic nitrogens is 3. The molecule has 2 saturated carbocycles. The minimum absolute atomic E-state index is 0.149. The van der Waals surface area contributed by atoms with Crippen molar-refractivity contribution < 1.29 is 5.11 Å². The number of pyridine rings is 1. The van der Waals surface area contributed by atoms with E-state index in [1.165, 1.54) is 56.9 Å². The van der Waals surface area contributed by atoms with Gasteiger partial charge < -0.3 is 20.6 Å². The van der Waals surface area contributed by atoms with Crippen molar-refractivity contribution in [1.82, 2.24) is 15.0 Å². The van der Waals surface area contributed by atoms with E-state index in [0.29, 0.717) is 17.9 Å². The number of anilines is 4. The van der Waals surface area contributed by atoms with Gasteiger partial charge in [-0.3, -0.25) is 0 Å². The fourth-order valence-electron chi connectivity index (χ4n) is 5.61. The number of aliphatic hydroxyl groups is 1. The van der Waals surface area contributed by atoms with E-state index >= 15 is 0 Å². The Labute approximate surface area is 197 Å². The summed E-state index contributed by atoms with van der Waals surface area (Å²) in [5, 5.41) is 17.1. The summed E-state index contributed by atoms with van der Waals surface area (Å²) in [4.78, 5) is 16.7. The molecule has 3 fully saturated rings. The number of piperidine rings is 1. The molecule has 178 valence electrons. The van der Waals surface area contributed by atoms with Crippen LogP contribution in [0.25, 0.3) is 0 Å². The van der Waals surface area contributed by atoms with E-state index in [-0.39, 0.29) is 6.10 Å². The number of nitrogens with zero attached hydrogens (tertiary/aromatic N) is 4. The molecule has 2 aliphatic carbocycles. The van der Waals surface area contributed by atoms with Crippen molar-refractivity contribution in [3.8, 4) is 0 Å². The average molecular weight is 451 g/mol. The monoisotopic (exact) mass is 450 g/mol. The van der Waals surface area contributed by atoms with Crippen molar-refractivity contribution in [2.75, 3.05) is 28.6 Å². The van der Waals surface area contributed by atoms with E-state index < -0.39 is 0 Å². The lowest BCUT2D eigenvalue weighted by Crippen LogP contribution is -2.30. The summed E-state index contributed by atoms with van der Waals surface area (Å²) in [5.74, 6) is 3.17. The van der Waals surface area contributed by atoms with Gasteiger partial charge >= 0.3 is 0 Å². The lowest BCUT2D eigenvalue weighted by Gasteiger charge is -2.29. The molecule has 1 saturated heterocycles. The van der Waals surface area contributed by atoms with E-state index in [4.69, 9.17) is 9.97 Å². The van der Waals surface area contributed by atoms with Crippen LogP contribution in [0.3, 0.4) is 0 Å². The van der Waals surface area contributed by atoms with Crippen molar-refractivity contribution in [3.05, 3.63) is 30.1 Å². The van der Waals surface area contributed by atoms with E-state index in [2.05, 4.69) is 26.6 Å². The van der Waals surface area contributed by atoms with Crippen LogP contribution < -0.4 is 15.5 Å². The average Bonchev–Trinajstić information content (AvgIpc) is 2.87. The Morgan fingerprint density at radius 1 is 0.879 bits per heavy atom. The fraction of sp³-hybridized carbons (Fsp3) is 0.654. The largest absolute Gasteiger partial charge is 0.393 e. The second-order valence-corrected chi connectivity index (χ2v) is 10.1. The lowest BCUT2D eigenvalue weighted by molar-refractivity contribution is 0.126. The third-order valence-electron chi connectivity index (χ3n) is 7.58. The Hall–Kier alpha value is -2.41. The van der Waals surface area contributed by atoms with Gasteiger partial charge in [0.05, 0.1) is 6.10 Å². The molecule has 1 aliphatic heterocycles. The van der Waals surface area contributed by atoms with Crippen LogP contribution in [0.1, 0.15) is 88.5 Å². The van der Waals surface area contributed by atoms with Crippen molar-refractivity contribution in [2.24, 2.45) is 0 Å². The molecule has 0 atom stereocenters. The highest BCUT2D eigenvalue weighted by Gasteiger charge is 2.24. The molecule has 2 aromatic rings. The summed E-state index contributed by atoms with van der Waals surface area (Å²) in [5.41, 5.74) is 2.23. The third kappa shape index (κ3) is 5.75. The molecule has 7 nitrogen and oxygen atoms in total. The number of aliphatic hydroxyl groups excluding tert-OH is 1. The zero-order valence-electron chi connectivity index (χ0n) is 19.7. The van der Waals surface area contributed by atoms with Crippen LogP contribution in [0.4, 0.5) is 23.3 Å². The maximum absolute atomic E-state index is 9.90. The van der Waals surface area contributed by atoms with Crippen molar-refractivity contribution in [1.29, 1.82) is 0 Å². The van der Waals surface area contributed by atoms with Crippen LogP contribution in [-0.2, 0) is 0 Å². The van der Waals surface area contributed by atoms with Gasteiger partial charge in [-0.05, 0) is 69.8 Å². The maximum atomic E-state index is 9.90. The second kappa shape index (κ2) is 10.7. The summed E-state index contributed by atoms with van der Waals surface area (Å²) in [6.45, 7) is 2.15. The van der Waals surface area contributed by atoms with Gasteiger partial charge in [-0.2, -0.15) is 4.98 Å². The number of hydrogen-bond donors (Lipinski definition) is 3. The summed E-state index contributed by atoms with van der Waals surface area (Å²) < 4.78 is 0. The molecular formula is C26H38N6O. The first-order valence-corrected chi connectivity index (χ1v) is 13.0. The maximum Gasteiger partial charge on any atom is 0.229 e. The van der Waals surface area contributed by atoms with E-state index in [0.717, 1.165) is 56.1 Å². The molecule has 0 spiro atoms. The fourth-order valence-corrected chi connectivity index (χ4v) is 5.61. The summed E-state index contributed by atoms with van der Waals surface area (Å²) in [6.07, 6.45) is 17.6. The Morgan fingerprint density at radius 2 is 1.64 bits per heavy atom. The highest BCUT2D eigenvalue weighted by Crippen LogP contribution is 2.37. The zero-order valence-corrected chi connectivity index (χ0v) is 19.7. The third-order valence-corrected chi connectivity index (χ3v) is 7.58. The lowest BCUT2D eigenvalue weighted by atomic mass is 9.84. The van der Waals surface area contributed by atoms with Gasteiger partial charge in [-0.1, -0.05) is 19.3 Å². The minimum atomic E-state index is -0.149. The zero-order chi connectivity index (χ0) is 22.5. The Bertz CT molecular complexity index is 901. The van der Waals surface area contributed by atoms with Crippen LogP contribution in [0.2, 0.25) is 0 Å². The van der Waals surface area contributed by atoms with Gasteiger partial charge in [0.15, 0.2) is 0 Å². The molecule has 33 heavy (non-hydrogen) atoms. The molecule has 5 rings (SSSR count). The number of hydrogen-bond acceptors (Lipinski definition) is 7. The summed E-state index contributed by atoms with van der Waals surface area (Å²) in [6, 6.07) is 4.46. The molecule has 7 heteroatoms. The SMILES string of the molecule is OC1CCC(Nc2nc(Nc3ccnc(N4CCCCC4)c3)ncc2C2CCCCC2)CC1. The number of nitrogens with one attached hydrogen (secondary N) is 2. The number of rotatable bonds is 6. The Balaban J connectivity index is 1.35. The topological polar surface area (TPSA) is 86.2 Å². The molecule has 0 radical (unpaired) electrons. The summed E-state index contributed by atoms with van der Waals surface area (Å²) in [7, 11) is 0. The molecule has 3 heterocycles. The first-order chi connectivity index (χ1) is 16.2. The van der Waals surface area contributed by atoms with E-state index in [1.807, 2.05) is 18.5 Å². The van der Waals surface area contributed by atoms with E-state index in [1.54, 1.807) is 0 Å². The molecule has 0 unspecified atom stereocenters. The molecule has 3 N–H and O–H groups in total. The molecular weight excluding hydrogens is 412 g/mol. The van der Waals surface area contributed by atoms with Crippen LogP contribution in [0.5, 0.6) is 0 Å². The Morgan fingerprint density at radius 3 is 2.42 bits per heavy atom. The van der Waals surface area contributed by atoms with Crippen LogP contribution >= 0.6 is 0 Å². The van der Waals surface area contributed by atoms with Gasteiger partial charge in [-0.15, -0.1) is 0 Å². The van der Waals surface area contributed by atoms with Gasteiger partial charge in [0.25, 0.3) is 0 Å². The van der Waals surface area contributed by atoms with Crippen LogP contribution in [0.15, 0.2) is 24.5 Å². The second-order valence-electron chi connectivity index (χ2n) is 10.1. The van der Waals surface area contributed by atoms with Gasteiger partial charge in [0, 0.05) is 48.8 Å². The highest BCUT2D eigenvalue weighted by atomic mass is 16.3.